The van der Waals surface area contributed by atoms with Crippen molar-refractivity contribution in [3.05, 3.63) is 48.6 Å². The fraction of sp³-hybridized carbons (Fsp3) is 0.804. The summed E-state index contributed by atoms with van der Waals surface area (Å²) in [5, 5.41) is 0. The van der Waals surface area contributed by atoms with Crippen LogP contribution in [0.25, 0.3) is 0 Å². The van der Waals surface area contributed by atoms with E-state index in [1.165, 1.54) is 141 Å². The van der Waals surface area contributed by atoms with Gasteiger partial charge in [0.25, 0.3) is 0 Å². The number of esters is 3. The van der Waals surface area contributed by atoms with Crippen LogP contribution in [0.15, 0.2) is 48.6 Å². The van der Waals surface area contributed by atoms with Crippen LogP contribution in [0.3, 0.4) is 0 Å². The number of hydrogen-bond acceptors (Lipinski definition) is 6. The highest BCUT2D eigenvalue weighted by atomic mass is 16.6. The number of unbranched alkanes of at least 4 members (excludes halogenated alkanes) is 30. The van der Waals surface area contributed by atoms with E-state index in [0.717, 1.165) is 89.9 Å². The van der Waals surface area contributed by atoms with E-state index in [9.17, 15) is 14.4 Å². The van der Waals surface area contributed by atoms with E-state index in [4.69, 9.17) is 14.2 Å². The maximum absolute atomic E-state index is 12.8. The Bertz CT molecular complexity index is 1090. The fourth-order valence-electron chi connectivity index (χ4n) is 7.59. The van der Waals surface area contributed by atoms with Crippen LogP contribution in [0.2, 0.25) is 0 Å². The maximum atomic E-state index is 12.8. The highest BCUT2D eigenvalue weighted by Crippen LogP contribution is 2.16. The normalized spacial score (nSPS) is 12.4. The van der Waals surface area contributed by atoms with Gasteiger partial charge in [0, 0.05) is 19.3 Å². The molecule has 0 bridgehead atoms. The number of hydrogen-bond donors (Lipinski definition) is 0. The lowest BCUT2D eigenvalue weighted by molar-refractivity contribution is -0.167. The zero-order valence-electron chi connectivity index (χ0n) is 41.1. The van der Waals surface area contributed by atoms with Crippen LogP contribution in [-0.4, -0.2) is 37.2 Å². The lowest BCUT2D eigenvalue weighted by atomic mass is 10.0. The SMILES string of the molecule is CC/C=C\C/C=C\CCCCC(=O)OCC(COC(=O)CCCCCCC/C=C\C=C/CCCCCCCCC)OC(=O)CCCCCCCCCCCCCCCCCCC. The molecule has 0 aromatic rings. The van der Waals surface area contributed by atoms with Crippen LogP contribution >= 0.6 is 0 Å². The first-order chi connectivity index (χ1) is 30.5. The standard InChI is InChI=1S/C56H100O6/c1-4-7-10-13-16-19-21-23-25-27-29-30-32-34-37-40-43-46-49-55(58)61-52-53(51-60-54(57)48-45-42-39-36-18-15-12-9-6-3)62-56(59)50-47-44-41-38-35-33-31-28-26-24-22-20-17-14-11-8-5-2/h9,12,18,25,27,29-30,36,53H,4-8,10-11,13-17,19-24,26,28,31-35,37-52H2,1-3H3/b12-9-,27-25-,30-29-,36-18-. The molecule has 0 aliphatic carbocycles. The Balaban J connectivity index is 4.32. The lowest BCUT2D eigenvalue weighted by Crippen LogP contribution is -2.30. The zero-order chi connectivity index (χ0) is 45.1. The van der Waals surface area contributed by atoms with Crippen molar-refractivity contribution in [2.75, 3.05) is 13.2 Å². The van der Waals surface area contributed by atoms with Crippen molar-refractivity contribution in [2.45, 2.75) is 277 Å². The first-order valence-electron chi connectivity index (χ1n) is 26.7. The van der Waals surface area contributed by atoms with Crippen LogP contribution in [0.4, 0.5) is 0 Å². The van der Waals surface area contributed by atoms with Crippen molar-refractivity contribution in [3.8, 4) is 0 Å². The Morgan fingerprint density at radius 3 is 1.10 bits per heavy atom. The molecule has 62 heavy (non-hydrogen) atoms. The molecule has 0 saturated heterocycles. The van der Waals surface area contributed by atoms with E-state index in [1.54, 1.807) is 0 Å². The van der Waals surface area contributed by atoms with Gasteiger partial charge >= 0.3 is 17.9 Å². The molecule has 0 heterocycles. The maximum Gasteiger partial charge on any atom is 0.306 e. The zero-order valence-corrected chi connectivity index (χ0v) is 41.1. The number of carbonyl (C=O) groups excluding carboxylic acids is 3. The minimum Gasteiger partial charge on any atom is -0.462 e. The molecule has 0 aromatic heterocycles. The minimum atomic E-state index is -0.788. The second-order valence-corrected chi connectivity index (χ2v) is 17.8. The number of rotatable bonds is 48. The van der Waals surface area contributed by atoms with Crippen LogP contribution in [0.5, 0.6) is 0 Å². The Labute approximate surface area is 384 Å². The molecule has 6 heteroatoms. The average Bonchev–Trinajstić information content (AvgIpc) is 3.27. The topological polar surface area (TPSA) is 78.9 Å². The molecular formula is C56H100O6. The predicted molar refractivity (Wildman–Crippen MR) is 265 cm³/mol. The third kappa shape index (κ3) is 48.4. The number of ether oxygens (including phenoxy) is 3. The van der Waals surface area contributed by atoms with Crippen LogP contribution in [-0.2, 0) is 28.6 Å². The second kappa shape index (κ2) is 51.0. The van der Waals surface area contributed by atoms with Gasteiger partial charge < -0.3 is 14.2 Å². The summed E-state index contributed by atoms with van der Waals surface area (Å²) in [6.45, 7) is 6.49. The molecule has 0 radical (unpaired) electrons. The van der Waals surface area contributed by atoms with Gasteiger partial charge in [0.15, 0.2) is 6.10 Å². The third-order valence-corrected chi connectivity index (χ3v) is 11.6. The van der Waals surface area contributed by atoms with Gasteiger partial charge in [-0.15, -0.1) is 0 Å². The summed E-state index contributed by atoms with van der Waals surface area (Å²) < 4.78 is 16.7. The molecule has 0 amide bonds. The van der Waals surface area contributed by atoms with Gasteiger partial charge in [-0.1, -0.05) is 230 Å². The Hall–Kier alpha value is -2.63. The van der Waals surface area contributed by atoms with Crippen molar-refractivity contribution in [1.29, 1.82) is 0 Å². The summed E-state index contributed by atoms with van der Waals surface area (Å²) >= 11 is 0. The van der Waals surface area contributed by atoms with Gasteiger partial charge in [-0.3, -0.25) is 14.4 Å². The predicted octanol–water partition coefficient (Wildman–Crippen LogP) is 17.5. The molecule has 6 nitrogen and oxygen atoms in total. The summed E-state index contributed by atoms with van der Waals surface area (Å²) in [7, 11) is 0. The van der Waals surface area contributed by atoms with E-state index in [0.29, 0.717) is 19.3 Å². The van der Waals surface area contributed by atoms with Gasteiger partial charge in [-0.2, -0.15) is 0 Å². The molecular weight excluding hydrogens is 769 g/mol. The van der Waals surface area contributed by atoms with Crippen LogP contribution in [0.1, 0.15) is 271 Å². The Morgan fingerprint density at radius 1 is 0.355 bits per heavy atom. The van der Waals surface area contributed by atoms with Gasteiger partial charge in [0.05, 0.1) is 0 Å². The first kappa shape index (κ1) is 59.4. The first-order valence-corrected chi connectivity index (χ1v) is 26.7. The summed E-state index contributed by atoms with van der Waals surface area (Å²) in [4.78, 5) is 37.9. The molecule has 0 saturated carbocycles. The lowest BCUT2D eigenvalue weighted by Gasteiger charge is -2.18. The quantitative estimate of drug-likeness (QED) is 0.0199. The van der Waals surface area contributed by atoms with Crippen molar-refractivity contribution in [1.82, 2.24) is 0 Å². The summed E-state index contributed by atoms with van der Waals surface area (Å²) in [5.41, 5.74) is 0. The summed E-state index contributed by atoms with van der Waals surface area (Å²) in [6, 6.07) is 0. The largest absolute Gasteiger partial charge is 0.462 e. The monoisotopic (exact) mass is 869 g/mol. The van der Waals surface area contributed by atoms with E-state index < -0.39 is 6.10 Å². The second-order valence-electron chi connectivity index (χ2n) is 17.8. The van der Waals surface area contributed by atoms with Gasteiger partial charge in [0.2, 0.25) is 0 Å². The smallest absolute Gasteiger partial charge is 0.306 e. The van der Waals surface area contributed by atoms with Gasteiger partial charge in [-0.25, -0.2) is 0 Å². The third-order valence-electron chi connectivity index (χ3n) is 11.6. The van der Waals surface area contributed by atoms with Gasteiger partial charge in [-0.05, 0) is 70.6 Å². The number of carbonyl (C=O) groups is 3. The molecule has 0 spiro atoms. The van der Waals surface area contributed by atoms with E-state index >= 15 is 0 Å². The minimum absolute atomic E-state index is 0.0893. The van der Waals surface area contributed by atoms with Crippen molar-refractivity contribution in [3.63, 3.8) is 0 Å². The molecule has 0 rings (SSSR count). The Morgan fingerprint density at radius 2 is 0.677 bits per heavy atom. The van der Waals surface area contributed by atoms with E-state index in [1.807, 2.05) is 0 Å². The molecule has 0 fully saturated rings. The van der Waals surface area contributed by atoms with Gasteiger partial charge in [0.1, 0.15) is 13.2 Å². The molecule has 0 aliphatic heterocycles. The molecule has 1 unspecified atom stereocenters. The van der Waals surface area contributed by atoms with Crippen molar-refractivity contribution >= 4 is 17.9 Å². The van der Waals surface area contributed by atoms with Crippen molar-refractivity contribution < 1.29 is 28.6 Å². The van der Waals surface area contributed by atoms with Crippen LogP contribution in [0, 0.1) is 0 Å². The number of allylic oxidation sites excluding steroid dienone is 8. The summed E-state index contributed by atoms with van der Waals surface area (Å²) in [5.74, 6) is -0.931. The highest BCUT2D eigenvalue weighted by molar-refractivity contribution is 5.71. The van der Waals surface area contributed by atoms with Crippen LogP contribution < -0.4 is 0 Å². The Kier molecular flexibility index (Phi) is 48.8. The molecule has 0 N–H and O–H groups in total. The summed E-state index contributed by atoms with van der Waals surface area (Å²) in [6.07, 6.45) is 61.1. The van der Waals surface area contributed by atoms with Crippen molar-refractivity contribution in [2.24, 2.45) is 0 Å². The molecule has 1 atom stereocenters. The van der Waals surface area contributed by atoms with E-state index in [-0.39, 0.29) is 31.1 Å². The average molecular weight is 869 g/mol. The molecule has 360 valence electrons. The molecule has 0 aliphatic rings. The molecule has 0 aromatic carbocycles. The highest BCUT2D eigenvalue weighted by Gasteiger charge is 2.19. The van der Waals surface area contributed by atoms with E-state index in [2.05, 4.69) is 69.4 Å². The fourth-order valence-corrected chi connectivity index (χ4v) is 7.59.